The second-order valence-corrected chi connectivity index (χ2v) is 5.09. The van der Waals surface area contributed by atoms with Crippen molar-refractivity contribution in [3.8, 4) is 5.75 Å². The Balaban J connectivity index is 2.00. The maximum absolute atomic E-state index is 6.32. The Morgan fingerprint density at radius 3 is 2.65 bits per heavy atom. The minimum absolute atomic E-state index is 0.120. The zero-order valence-corrected chi connectivity index (χ0v) is 10.7. The summed E-state index contributed by atoms with van der Waals surface area (Å²) < 4.78 is 5.38. The van der Waals surface area contributed by atoms with Gasteiger partial charge in [0.05, 0.1) is 7.11 Å². The quantitative estimate of drug-likeness (QED) is 0.861. The number of benzene rings is 1. The Kier molecular flexibility index (Phi) is 4.43. The molecule has 0 aliphatic heterocycles. The Morgan fingerprint density at radius 2 is 1.94 bits per heavy atom. The van der Waals surface area contributed by atoms with Gasteiger partial charge in [-0.1, -0.05) is 50.3 Å². The molecule has 1 aromatic rings. The zero-order valence-electron chi connectivity index (χ0n) is 10.7. The van der Waals surface area contributed by atoms with Crippen molar-refractivity contribution in [2.24, 2.45) is 11.7 Å². The van der Waals surface area contributed by atoms with E-state index in [4.69, 9.17) is 10.5 Å². The van der Waals surface area contributed by atoms with E-state index in [1.54, 1.807) is 7.11 Å². The van der Waals surface area contributed by atoms with Crippen molar-refractivity contribution in [2.75, 3.05) is 7.11 Å². The monoisotopic (exact) mass is 233 g/mol. The summed E-state index contributed by atoms with van der Waals surface area (Å²) in [7, 11) is 1.71. The third-order valence-corrected chi connectivity index (χ3v) is 3.85. The highest BCUT2D eigenvalue weighted by Crippen LogP contribution is 2.33. The average Bonchev–Trinajstić information content (AvgIpc) is 2.40. The fraction of sp³-hybridized carbons (Fsp3) is 0.600. The lowest BCUT2D eigenvalue weighted by atomic mass is 9.83. The standard InChI is InChI=1S/C15H23NO/c1-17-15-10-6-5-9-13(15)14(16)11-12-7-3-2-4-8-12/h5-6,9-10,12,14H,2-4,7-8,11,16H2,1H3. The number of para-hydroxylation sites is 1. The minimum atomic E-state index is 0.120. The summed E-state index contributed by atoms with van der Waals surface area (Å²) in [4.78, 5) is 0. The molecule has 1 atom stereocenters. The van der Waals surface area contributed by atoms with Gasteiger partial charge in [-0.3, -0.25) is 0 Å². The predicted molar refractivity (Wildman–Crippen MR) is 71.1 cm³/mol. The molecule has 0 amide bonds. The van der Waals surface area contributed by atoms with Crippen LogP contribution in [-0.4, -0.2) is 7.11 Å². The smallest absolute Gasteiger partial charge is 0.123 e. The van der Waals surface area contributed by atoms with Crippen LogP contribution in [0.25, 0.3) is 0 Å². The van der Waals surface area contributed by atoms with Gasteiger partial charge < -0.3 is 10.5 Å². The lowest BCUT2D eigenvalue weighted by Gasteiger charge is -2.25. The van der Waals surface area contributed by atoms with Crippen molar-refractivity contribution < 1.29 is 4.74 Å². The van der Waals surface area contributed by atoms with Crippen LogP contribution in [0.5, 0.6) is 5.75 Å². The fourth-order valence-corrected chi connectivity index (χ4v) is 2.88. The minimum Gasteiger partial charge on any atom is -0.496 e. The van der Waals surface area contributed by atoms with Crippen LogP contribution in [0.15, 0.2) is 24.3 Å². The second kappa shape index (κ2) is 6.06. The van der Waals surface area contributed by atoms with Gasteiger partial charge in [0, 0.05) is 11.6 Å². The van der Waals surface area contributed by atoms with Crippen LogP contribution < -0.4 is 10.5 Å². The first-order valence-electron chi connectivity index (χ1n) is 6.69. The largest absolute Gasteiger partial charge is 0.496 e. The molecule has 0 spiro atoms. The summed E-state index contributed by atoms with van der Waals surface area (Å²) in [6.45, 7) is 0. The lowest BCUT2D eigenvalue weighted by molar-refractivity contribution is 0.315. The topological polar surface area (TPSA) is 35.2 Å². The van der Waals surface area contributed by atoms with Crippen molar-refractivity contribution >= 4 is 0 Å². The Bertz CT molecular complexity index is 345. The van der Waals surface area contributed by atoms with E-state index >= 15 is 0 Å². The molecule has 0 saturated heterocycles. The van der Waals surface area contributed by atoms with Gasteiger partial charge in [-0.05, 0) is 18.4 Å². The Morgan fingerprint density at radius 1 is 1.24 bits per heavy atom. The molecule has 2 heteroatoms. The summed E-state index contributed by atoms with van der Waals surface area (Å²) >= 11 is 0. The molecular weight excluding hydrogens is 210 g/mol. The van der Waals surface area contributed by atoms with Gasteiger partial charge in [0.15, 0.2) is 0 Å². The van der Waals surface area contributed by atoms with E-state index in [0.29, 0.717) is 0 Å². The molecule has 1 aliphatic rings. The maximum Gasteiger partial charge on any atom is 0.123 e. The second-order valence-electron chi connectivity index (χ2n) is 5.09. The van der Waals surface area contributed by atoms with Crippen LogP contribution in [0.1, 0.15) is 50.1 Å². The van der Waals surface area contributed by atoms with E-state index in [1.165, 1.54) is 32.1 Å². The fourth-order valence-electron chi connectivity index (χ4n) is 2.88. The molecule has 1 aromatic carbocycles. The third kappa shape index (κ3) is 3.22. The van der Waals surface area contributed by atoms with Crippen LogP contribution in [0.4, 0.5) is 0 Å². The van der Waals surface area contributed by atoms with E-state index in [-0.39, 0.29) is 6.04 Å². The molecule has 1 aliphatic carbocycles. The highest BCUT2D eigenvalue weighted by molar-refractivity contribution is 5.35. The molecule has 17 heavy (non-hydrogen) atoms. The van der Waals surface area contributed by atoms with Gasteiger partial charge >= 0.3 is 0 Å². The van der Waals surface area contributed by atoms with E-state index in [2.05, 4.69) is 6.07 Å². The van der Waals surface area contributed by atoms with Crippen LogP contribution in [0, 0.1) is 5.92 Å². The SMILES string of the molecule is COc1ccccc1C(N)CC1CCCCC1. The van der Waals surface area contributed by atoms with Crippen molar-refractivity contribution in [3.63, 3.8) is 0 Å². The number of hydrogen-bond acceptors (Lipinski definition) is 2. The van der Waals surface area contributed by atoms with Gasteiger partial charge in [0.2, 0.25) is 0 Å². The molecule has 2 rings (SSSR count). The third-order valence-electron chi connectivity index (χ3n) is 3.85. The van der Waals surface area contributed by atoms with Crippen LogP contribution in [-0.2, 0) is 0 Å². The molecule has 1 unspecified atom stereocenters. The Labute approximate surface area is 104 Å². The van der Waals surface area contributed by atoms with Crippen molar-refractivity contribution in [1.82, 2.24) is 0 Å². The summed E-state index contributed by atoms with van der Waals surface area (Å²) in [5.41, 5.74) is 7.48. The van der Waals surface area contributed by atoms with Gasteiger partial charge in [-0.15, -0.1) is 0 Å². The highest BCUT2D eigenvalue weighted by Gasteiger charge is 2.19. The molecule has 1 saturated carbocycles. The highest BCUT2D eigenvalue weighted by atomic mass is 16.5. The molecular formula is C15H23NO. The molecule has 0 bridgehead atoms. The van der Waals surface area contributed by atoms with Crippen molar-refractivity contribution in [2.45, 2.75) is 44.6 Å². The lowest BCUT2D eigenvalue weighted by Crippen LogP contribution is -2.18. The summed E-state index contributed by atoms with van der Waals surface area (Å²) in [6, 6.07) is 8.24. The number of methoxy groups -OCH3 is 1. The van der Waals surface area contributed by atoms with Gasteiger partial charge in [-0.2, -0.15) is 0 Å². The molecule has 0 radical (unpaired) electrons. The van der Waals surface area contributed by atoms with E-state index in [0.717, 1.165) is 23.7 Å². The molecule has 2 N–H and O–H groups in total. The first kappa shape index (κ1) is 12.4. The van der Waals surface area contributed by atoms with E-state index in [1.807, 2.05) is 18.2 Å². The van der Waals surface area contributed by atoms with Gasteiger partial charge in [-0.25, -0.2) is 0 Å². The van der Waals surface area contributed by atoms with Crippen LogP contribution in [0.3, 0.4) is 0 Å². The molecule has 1 fully saturated rings. The molecule has 0 aromatic heterocycles. The van der Waals surface area contributed by atoms with Crippen molar-refractivity contribution in [3.05, 3.63) is 29.8 Å². The van der Waals surface area contributed by atoms with Crippen LogP contribution in [0.2, 0.25) is 0 Å². The first-order chi connectivity index (χ1) is 8.31. The average molecular weight is 233 g/mol. The number of nitrogens with two attached hydrogens (primary N) is 1. The molecule has 94 valence electrons. The Hall–Kier alpha value is -1.02. The zero-order chi connectivity index (χ0) is 12.1. The predicted octanol–water partition coefficient (Wildman–Crippen LogP) is 3.67. The van der Waals surface area contributed by atoms with Gasteiger partial charge in [0.1, 0.15) is 5.75 Å². The molecule has 0 heterocycles. The van der Waals surface area contributed by atoms with Gasteiger partial charge in [0.25, 0.3) is 0 Å². The maximum atomic E-state index is 6.32. The normalized spacial score (nSPS) is 18.9. The summed E-state index contributed by atoms with van der Waals surface area (Å²) in [6.07, 6.45) is 7.96. The van der Waals surface area contributed by atoms with E-state index in [9.17, 15) is 0 Å². The van der Waals surface area contributed by atoms with Crippen LogP contribution >= 0.6 is 0 Å². The molecule has 2 nitrogen and oxygen atoms in total. The number of hydrogen-bond donors (Lipinski definition) is 1. The van der Waals surface area contributed by atoms with E-state index < -0.39 is 0 Å². The summed E-state index contributed by atoms with van der Waals surface area (Å²) in [5.74, 6) is 1.74. The first-order valence-corrected chi connectivity index (χ1v) is 6.69. The number of ether oxygens (including phenoxy) is 1. The number of rotatable bonds is 4. The van der Waals surface area contributed by atoms with Crippen molar-refractivity contribution in [1.29, 1.82) is 0 Å². The summed E-state index contributed by atoms with van der Waals surface area (Å²) in [5, 5.41) is 0.